The molecule has 17 heavy (non-hydrogen) atoms. The molecule has 0 spiro atoms. The number of likely N-dealkylation sites (N-methyl/N-ethyl adjacent to an activating group) is 1. The summed E-state index contributed by atoms with van der Waals surface area (Å²) in [6.45, 7) is 2.95. The standard InChI is InChI=1S/C14H18N2O/c1-11(7-8-15)16(2)10-13-9-12-5-3-4-6-14(12)17-13/h3-6,11,13H,7,9-10H2,1-2H3. The van der Waals surface area contributed by atoms with Crippen LogP contribution in [0.4, 0.5) is 0 Å². The monoisotopic (exact) mass is 230 g/mol. The number of rotatable bonds is 4. The number of fused-ring (bicyclic) bond motifs is 1. The van der Waals surface area contributed by atoms with Crippen molar-refractivity contribution in [1.29, 1.82) is 5.26 Å². The van der Waals surface area contributed by atoms with Crippen LogP contribution in [-0.4, -0.2) is 30.6 Å². The van der Waals surface area contributed by atoms with Gasteiger partial charge in [-0.25, -0.2) is 0 Å². The summed E-state index contributed by atoms with van der Waals surface area (Å²) in [7, 11) is 2.05. The molecule has 2 atom stereocenters. The zero-order chi connectivity index (χ0) is 12.3. The predicted octanol–water partition coefficient (Wildman–Crippen LogP) is 2.22. The lowest BCUT2D eigenvalue weighted by Crippen LogP contribution is -2.37. The highest BCUT2D eigenvalue weighted by Gasteiger charge is 2.24. The minimum Gasteiger partial charge on any atom is -0.488 e. The van der Waals surface area contributed by atoms with E-state index in [2.05, 4.69) is 24.0 Å². The largest absolute Gasteiger partial charge is 0.488 e. The van der Waals surface area contributed by atoms with Crippen molar-refractivity contribution < 1.29 is 4.74 Å². The van der Waals surface area contributed by atoms with Crippen LogP contribution < -0.4 is 4.74 Å². The maximum Gasteiger partial charge on any atom is 0.123 e. The minimum atomic E-state index is 0.221. The fourth-order valence-corrected chi connectivity index (χ4v) is 2.14. The fraction of sp³-hybridized carbons (Fsp3) is 0.500. The number of nitriles is 1. The molecule has 2 unspecified atom stereocenters. The van der Waals surface area contributed by atoms with Gasteiger partial charge in [0.05, 0.1) is 12.5 Å². The lowest BCUT2D eigenvalue weighted by atomic mass is 10.1. The molecule has 1 heterocycles. The first-order valence-electron chi connectivity index (χ1n) is 6.02. The van der Waals surface area contributed by atoms with E-state index in [-0.39, 0.29) is 12.1 Å². The lowest BCUT2D eigenvalue weighted by molar-refractivity contribution is 0.145. The molecule has 1 aromatic carbocycles. The van der Waals surface area contributed by atoms with E-state index in [1.54, 1.807) is 0 Å². The zero-order valence-corrected chi connectivity index (χ0v) is 10.4. The molecule has 1 aliphatic rings. The molecule has 0 aliphatic carbocycles. The molecule has 0 N–H and O–H groups in total. The van der Waals surface area contributed by atoms with Gasteiger partial charge < -0.3 is 4.74 Å². The van der Waals surface area contributed by atoms with Crippen molar-refractivity contribution in [2.24, 2.45) is 0 Å². The normalized spacial score (nSPS) is 19.5. The summed E-state index contributed by atoms with van der Waals surface area (Å²) in [4.78, 5) is 2.19. The van der Waals surface area contributed by atoms with E-state index < -0.39 is 0 Å². The Morgan fingerprint density at radius 2 is 2.29 bits per heavy atom. The van der Waals surface area contributed by atoms with E-state index in [1.807, 2.05) is 25.2 Å². The molecule has 1 aromatic rings. The van der Waals surface area contributed by atoms with Gasteiger partial charge in [-0.3, -0.25) is 4.90 Å². The molecule has 0 saturated carbocycles. The summed E-state index contributed by atoms with van der Waals surface area (Å²) in [6, 6.07) is 10.7. The second kappa shape index (κ2) is 5.20. The van der Waals surface area contributed by atoms with Crippen LogP contribution in [0, 0.1) is 11.3 Å². The van der Waals surface area contributed by atoms with E-state index in [0.29, 0.717) is 6.42 Å². The number of para-hydroxylation sites is 1. The molecule has 0 amide bonds. The minimum absolute atomic E-state index is 0.221. The van der Waals surface area contributed by atoms with Crippen LogP contribution >= 0.6 is 0 Å². The van der Waals surface area contributed by atoms with E-state index in [9.17, 15) is 0 Å². The molecule has 1 aliphatic heterocycles. The summed E-state index contributed by atoms with van der Waals surface area (Å²) in [5.41, 5.74) is 1.29. The smallest absolute Gasteiger partial charge is 0.123 e. The number of nitrogens with zero attached hydrogens (tertiary/aromatic N) is 2. The van der Waals surface area contributed by atoms with Gasteiger partial charge in [-0.1, -0.05) is 18.2 Å². The topological polar surface area (TPSA) is 36.3 Å². The highest BCUT2D eigenvalue weighted by molar-refractivity contribution is 5.37. The Morgan fingerprint density at radius 3 is 3.00 bits per heavy atom. The van der Waals surface area contributed by atoms with Gasteiger partial charge in [0.2, 0.25) is 0 Å². The van der Waals surface area contributed by atoms with Crippen molar-refractivity contribution in [2.75, 3.05) is 13.6 Å². The summed E-state index contributed by atoms with van der Waals surface area (Å²) in [5, 5.41) is 8.68. The Hall–Kier alpha value is -1.53. The van der Waals surface area contributed by atoms with Gasteiger partial charge in [0.25, 0.3) is 0 Å². The number of hydrogen-bond acceptors (Lipinski definition) is 3. The summed E-state index contributed by atoms with van der Waals surface area (Å²) in [5.74, 6) is 1.01. The van der Waals surface area contributed by atoms with Gasteiger partial charge in [-0.15, -0.1) is 0 Å². The molecule has 3 nitrogen and oxygen atoms in total. The van der Waals surface area contributed by atoms with E-state index in [1.165, 1.54) is 5.56 Å². The molecule has 0 saturated heterocycles. The van der Waals surface area contributed by atoms with Gasteiger partial charge in [0.1, 0.15) is 11.9 Å². The molecular formula is C14H18N2O. The van der Waals surface area contributed by atoms with Crippen molar-refractivity contribution in [3.05, 3.63) is 29.8 Å². The van der Waals surface area contributed by atoms with Crippen LogP contribution in [0.3, 0.4) is 0 Å². The number of hydrogen-bond donors (Lipinski definition) is 0. The van der Waals surface area contributed by atoms with E-state index in [4.69, 9.17) is 10.00 Å². The summed E-state index contributed by atoms with van der Waals surface area (Å²) < 4.78 is 5.88. The van der Waals surface area contributed by atoms with Crippen molar-refractivity contribution >= 4 is 0 Å². The molecule has 3 heteroatoms. The number of benzene rings is 1. The first kappa shape index (κ1) is 11.9. The number of ether oxygens (including phenoxy) is 1. The molecule has 2 rings (SSSR count). The van der Waals surface area contributed by atoms with Gasteiger partial charge in [-0.2, -0.15) is 5.26 Å². The second-order valence-electron chi connectivity index (χ2n) is 4.70. The predicted molar refractivity (Wildman–Crippen MR) is 66.9 cm³/mol. The van der Waals surface area contributed by atoms with E-state index in [0.717, 1.165) is 18.7 Å². The maximum atomic E-state index is 8.68. The van der Waals surface area contributed by atoms with Gasteiger partial charge in [0, 0.05) is 19.0 Å². The first-order valence-corrected chi connectivity index (χ1v) is 6.02. The average Bonchev–Trinajstić information content (AvgIpc) is 2.71. The molecule has 0 radical (unpaired) electrons. The quantitative estimate of drug-likeness (QED) is 0.795. The molecule has 90 valence electrons. The summed E-state index contributed by atoms with van der Waals surface area (Å²) in [6.07, 6.45) is 1.76. The van der Waals surface area contributed by atoms with E-state index >= 15 is 0 Å². The Balaban J connectivity index is 1.90. The van der Waals surface area contributed by atoms with Crippen LogP contribution in [0.1, 0.15) is 18.9 Å². The SMILES string of the molecule is CC(CC#N)N(C)CC1Cc2ccccc2O1. The molecule has 0 fully saturated rings. The molecule has 0 bridgehead atoms. The van der Waals surface area contributed by atoms with Crippen LogP contribution in [-0.2, 0) is 6.42 Å². The Morgan fingerprint density at radius 1 is 1.53 bits per heavy atom. The van der Waals surface area contributed by atoms with Gasteiger partial charge in [-0.05, 0) is 25.6 Å². The third kappa shape index (κ3) is 2.78. The zero-order valence-electron chi connectivity index (χ0n) is 10.4. The highest BCUT2D eigenvalue weighted by atomic mass is 16.5. The van der Waals surface area contributed by atoms with Crippen LogP contribution in [0.15, 0.2) is 24.3 Å². The second-order valence-corrected chi connectivity index (χ2v) is 4.70. The fourth-order valence-electron chi connectivity index (χ4n) is 2.14. The first-order chi connectivity index (χ1) is 8.20. The van der Waals surface area contributed by atoms with Crippen molar-refractivity contribution in [3.8, 4) is 11.8 Å². The average molecular weight is 230 g/mol. The van der Waals surface area contributed by atoms with Crippen LogP contribution in [0.5, 0.6) is 5.75 Å². The van der Waals surface area contributed by atoms with Crippen molar-refractivity contribution in [3.63, 3.8) is 0 Å². The third-order valence-electron chi connectivity index (χ3n) is 3.34. The van der Waals surface area contributed by atoms with Crippen LogP contribution in [0.25, 0.3) is 0 Å². The Kier molecular flexibility index (Phi) is 3.65. The molecule has 0 aromatic heterocycles. The van der Waals surface area contributed by atoms with Crippen molar-refractivity contribution in [1.82, 2.24) is 4.90 Å². The van der Waals surface area contributed by atoms with Gasteiger partial charge in [0.15, 0.2) is 0 Å². The van der Waals surface area contributed by atoms with Crippen LogP contribution in [0.2, 0.25) is 0 Å². The van der Waals surface area contributed by atoms with Gasteiger partial charge >= 0.3 is 0 Å². The highest BCUT2D eigenvalue weighted by Crippen LogP contribution is 2.28. The van der Waals surface area contributed by atoms with Crippen molar-refractivity contribution in [2.45, 2.75) is 31.9 Å². The third-order valence-corrected chi connectivity index (χ3v) is 3.34. The Labute approximate surface area is 103 Å². The Bertz CT molecular complexity index is 399. The molecular weight excluding hydrogens is 212 g/mol. The maximum absolute atomic E-state index is 8.68. The lowest BCUT2D eigenvalue weighted by Gasteiger charge is -2.25. The summed E-state index contributed by atoms with van der Waals surface area (Å²) >= 11 is 0.